The first-order chi connectivity index (χ1) is 33.7. The highest BCUT2D eigenvalue weighted by Gasteiger charge is 2.30. The molecule has 5 aromatic carbocycles. The van der Waals surface area contributed by atoms with Gasteiger partial charge in [-0.25, -0.2) is 10.9 Å². The monoisotopic (exact) mass is 961 g/mol. The zero-order chi connectivity index (χ0) is 50.9. The topological polar surface area (TPSA) is 136 Å². The molecule has 2 fully saturated rings. The van der Waals surface area contributed by atoms with E-state index in [-0.39, 0.29) is 47.2 Å². The number of allylic oxidation sites excluding steroid dienone is 1. The Hall–Kier alpha value is -6.18. The summed E-state index contributed by atoms with van der Waals surface area (Å²) in [5.41, 5.74) is 12.7. The predicted octanol–water partition coefficient (Wildman–Crippen LogP) is 8.63. The largest absolute Gasteiger partial charge is 0.507 e. The second-order valence-electron chi connectivity index (χ2n) is 22.2. The van der Waals surface area contributed by atoms with Gasteiger partial charge in [-0.3, -0.25) is 29.2 Å². The van der Waals surface area contributed by atoms with E-state index < -0.39 is 5.41 Å². The van der Waals surface area contributed by atoms with E-state index in [4.69, 9.17) is 0 Å². The predicted molar refractivity (Wildman–Crippen MR) is 290 cm³/mol. The van der Waals surface area contributed by atoms with Gasteiger partial charge in [-0.15, -0.1) is 6.58 Å². The minimum atomic E-state index is -0.663. The number of rotatable bonds is 17. The number of fused-ring (bicyclic) bond motifs is 1. The number of phenolic OH excluding ortho intramolecular Hbond substituents is 2. The molecule has 5 aromatic rings. The lowest BCUT2D eigenvalue weighted by Gasteiger charge is -2.34. The van der Waals surface area contributed by atoms with Crippen LogP contribution in [-0.4, -0.2) is 120 Å². The molecule has 12 nitrogen and oxygen atoms in total. The van der Waals surface area contributed by atoms with Crippen molar-refractivity contribution in [3.8, 4) is 11.5 Å². The second kappa shape index (κ2) is 22.9. The van der Waals surface area contributed by atoms with Gasteiger partial charge in [0.2, 0.25) is 0 Å². The number of hydrazone groups is 2. The highest BCUT2D eigenvalue weighted by atomic mass is 16.3. The van der Waals surface area contributed by atoms with E-state index in [0.29, 0.717) is 35.1 Å². The quantitative estimate of drug-likeness (QED) is 0.0414. The summed E-state index contributed by atoms with van der Waals surface area (Å²) in [6.45, 7) is 29.8. The lowest BCUT2D eigenvalue weighted by molar-refractivity contribution is -0.123. The number of aromatic hydroxyl groups is 2. The Bertz CT molecular complexity index is 2720. The fraction of sp³-hybridized carbons (Fsp3) is 0.424. The lowest BCUT2D eigenvalue weighted by Crippen LogP contribution is -2.48. The first-order valence-electron chi connectivity index (χ1n) is 25.2. The average Bonchev–Trinajstić information content (AvgIpc) is 3.32. The van der Waals surface area contributed by atoms with Crippen molar-refractivity contribution >= 4 is 35.0 Å². The van der Waals surface area contributed by atoms with Crippen LogP contribution in [0.15, 0.2) is 114 Å². The molecule has 0 bridgehead atoms. The van der Waals surface area contributed by atoms with Gasteiger partial charge in [0.15, 0.2) is 0 Å². The molecule has 4 N–H and O–H groups in total. The summed E-state index contributed by atoms with van der Waals surface area (Å²) in [6.07, 6.45) is 5.65. The van der Waals surface area contributed by atoms with E-state index in [1.165, 1.54) is 39.9 Å². The van der Waals surface area contributed by atoms with Crippen molar-refractivity contribution in [2.75, 3.05) is 65.4 Å². The van der Waals surface area contributed by atoms with Gasteiger partial charge in [0.25, 0.3) is 11.8 Å². The normalized spacial score (nSPS) is 16.0. The fourth-order valence-corrected chi connectivity index (χ4v) is 9.58. The van der Waals surface area contributed by atoms with Gasteiger partial charge in [0.05, 0.1) is 25.5 Å². The maximum Gasteiger partial charge on any atom is 0.254 e. The van der Waals surface area contributed by atoms with Crippen molar-refractivity contribution < 1.29 is 19.8 Å². The Morgan fingerprint density at radius 3 is 1.69 bits per heavy atom. The summed E-state index contributed by atoms with van der Waals surface area (Å²) >= 11 is 0. The molecule has 0 saturated carbocycles. The van der Waals surface area contributed by atoms with Crippen molar-refractivity contribution in [1.82, 2.24) is 30.5 Å². The van der Waals surface area contributed by atoms with E-state index in [1.54, 1.807) is 6.08 Å². The van der Waals surface area contributed by atoms with Crippen LogP contribution in [-0.2, 0) is 51.8 Å². The Morgan fingerprint density at radius 1 is 0.592 bits per heavy atom. The minimum absolute atomic E-state index is 0.0640. The van der Waals surface area contributed by atoms with Crippen molar-refractivity contribution in [2.45, 2.75) is 97.6 Å². The fourth-order valence-electron chi connectivity index (χ4n) is 9.58. The number of carbonyl (C=O) groups is 2. The molecular formula is C59H76N8O4. The Kier molecular flexibility index (Phi) is 17.0. The number of carbonyl (C=O) groups excluding carboxylic acids is 2. The third-order valence-corrected chi connectivity index (χ3v) is 14.0. The molecule has 0 spiro atoms. The van der Waals surface area contributed by atoms with E-state index in [1.807, 2.05) is 24.3 Å². The number of piperazine rings is 2. The zero-order valence-electron chi connectivity index (χ0n) is 43.4. The Morgan fingerprint density at radius 2 is 1.11 bits per heavy atom. The Balaban J connectivity index is 0.961. The number of hydrogen-bond donors (Lipinski definition) is 4. The van der Waals surface area contributed by atoms with E-state index in [0.717, 1.165) is 76.6 Å². The molecule has 0 aromatic heterocycles. The maximum absolute atomic E-state index is 13.2. The van der Waals surface area contributed by atoms with E-state index in [2.05, 4.69) is 169 Å². The summed E-state index contributed by atoms with van der Waals surface area (Å²) in [4.78, 5) is 35.5. The third-order valence-electron chi connectivity index (χ3n) is 14.0. The standard InChI is InChI=1S/C59H76N8O4/c1-10-13-45-20-21-47(51(55(45)70)37-61-63-54(69)41-66-28-24-64(25-29-66)38-42-17-22-49(23-18-42)57(2,3)4)35-59(8,9)52-34-50(58(5,6)7)33-48(56(52)71)36-60-62-53(68)40-67-30-26-65(27-31-67)39-43-16-19-44-14-11-12-15-46(44)32-43/h10-12,14-23,32-34,36-37,70-71H,1,13,24-31,35,38-41H2,2-9H3,(H,62,68)(H,63,69)/b60-36+,61-37+. The molecule has 0 atom stereocenters. The average molecular weight is 961 g/mol. The van der Waals surface area contributed by atoms with E-state index >= 15 is 0 Å². The first-order valence-corrected chi connectivity index (χ1v) is 25.2. The number of benzene rings is 5. The lowest BCUT2D eigenvalue weighted by atomic mass is 9.74. The number of hydrogen-bond acceptors (Lipinski definition) is 10. The van der Waals surface area contributed by atoms with E-state index in [9.17, 15) is 19.8 Å². The number of nitrogens with zero attached hydrogens (tertiary/aromatic N) is 6. The van der Waals surface area contributed by atoms with Crippen molar-refractivity contribution in [2.24, 2.45) is 10.2 Å². The zero-order valence-corrected chi connectivity index (χ0v) is 43.4. The van der Waals surface area contributed by atoms with Crippen LogP contribution in [0, 0.1) is 0 Å². The van der Waals surface area contributed by atoms with Gasteiger partial charge < -0.3 is 10.2 Å². The van der Waals surface area contributed by atoms with Gasteiger partial charge in [-0.2, -0.15) is 10.2 Å². The molecule has 2 saturated heterocycles. The SMILES string of the molecule is C=CCc1ccc(CC(C)(C)c2cc(C(C)(C)C)cc(/C=N/NC(=O)CN3CCN(Cc4ccc5ccccc5c4)CC3)c2O)c(/C=N/NC(=O)CN2CCN(Cc3ccc(C(C)(C)C)cc3)CC2)c1O. The molecule has 0 radical (unpaired) electrons. The van der Waals surface area contributed by atoms with Gasteiger partial charge in [0, 0.05) is 82.1 Å². The summed E-state index contributed by atoms with van der Waals surface area (Å²) in [5.74, 6) is -0.307. The number of phenols is 2. The third kappa shape index (κ3) is 14.3. The van der Waals surface area contributed by atoms with Crippen LogP contribution >= 0.6 is 0 Å². The van der Waals surface area contributed by atoms with Crippen LogP contribution in [0.2, 0.25) is 0 Å². The molecular weight excluding hydrogens is 885 g/mol. The molecule has 376 valence electrons. The number of nitrogens with one attached hydrogen (secondary N) is 2. The second-order valence-corrected chi connectivity index (χ2v) is 22.2. The molecule has 12 heteroatoms. The summed E-state index contributed by atoms with van der Waals surface area (Å²) < 4.78 is 0. The van der Waals surface area contributed by atoms with Crippen molar-refractivity contribution in [3.05, 3.63) is 154 Å². The van der Waals surface area contributed by atoms with Gasteiger partial charge >= 0.3 is 0 Å². The molecule has 2 amide bonds. The van der Waals surface area contributed by atoms with Gasteiger partial charge in [-0.05, 0) is 85.4 Å². The van der Waals surface area contributed by atoms with Crippen LogP contribution in [0.1, 0.15) is 105 Å². The summed E-state index contributed by atoms with van der Waals surface area (Å²) in [6, 6.07) is 31.8. The Labute approximate surface area is 422 Å². The highest BCUT2D eigenvalue weighted by Crippen LogP contribution is 2.40. The van der Waals surface area contributed by atoms with Crippen molar-refractivity contribution in [3.63, 3.8) is 0 Å². The summed E-state index contributed by atoms with van der Waals surface area (Å²) in [7, 11) is 0. The first kappa shape index (κ1) is 52.6. The van der Waals surface area contributed by atoms with Crippen LogP contribution in [0.25, 0.3) is 10.8 Å². The number of amides is 2. The van der Waals surface area contributed by atoms with Crippen LogP contribution < -0.4 is 10.9 Å². The minimum Gasteiger partial charge on any atom is -0.507 e. The van der Waals surface area contributed by atoms with Crippen LogP contribution in [0.5, 0.6) is 11.5 Å². The molecule has 0 unspecified atom stereocenters. The van der Waals surface area contributed by atoms with Crippen LogP contribution in [0.3, 0.4) is 0 Å². The molecule has 71 heavy (non-hydrogen) atoms. The van der Waals surface area contributed by atoms with Crippen molar-refractivity contribution in [1.29, 1.82) is 0 Å². The smallest absolute Gasteiger partial charge is 0.254 e. The summed E-state index contributed by atoms with van der Waals surface area (Å²) in [5, 5.41) is 34.7. The molecule has 0 aliphatic carbocycles. The maximum atomic E-state index is 13.2. The van der Waals surface area contributed by atoms with Crippen LogP contribution in [0.4, 0.5) is 0 Å². The molecule has 7 rings (SSSR count). The molecule has 2 heterocycles. The molecule has 2 aliphatic heterocycles. The van der Waals surface area contributed by atoms with Gasteiger partial charge in [-0.1, -0.05) is 140 Å². The molecule has 2 aliphatic rings. The highest BCUT2D eigenvalue weighted by molar-refractivity contribution is 5.89. The van der Waals surface area contributed by atoms with Gasteiger partial charge in [0.1, 0.15) is 11.5 Å².